The summed E-state index contributed by atoms with van der Waals surface area (Å²) < 4.78 is 32.3. The molecule has 178 valence electrons. The third kappa shape index (κ3) is 5.72. The normalized spacial score (nSPS) is 15.2. The van der Waals surface area contributed by atoms with E-state index in [1.807, 2.05) is 32.0 Å². The van der Waals surface area contributed by atoms with E-state index in [4.69, 9.17) is 4.74 Å². The molecule has 2 aromatic carbocycles. The predicted molar refractivity (Wildman–Crippen MR) is 127 cm³/mol. The monoisotopic (exact) mass is 473 g/mol. The van der Waals surface area contributed by atoms with Gasteiger partial charge in [0.05, 0.1) is 18.6 Å². The van der Waals surface area contributed by atoms with Gasteiger partial charge in [-0.3, -0.25) is 9.59 Å². The molecule has 8 nitrogen and oxygen atoms in total. The minimum atomic E-state index is -3.63. The first-order valence-corrected chi connectivity index (χ1v) is 12.3. The number of likely N-dealkylation sites (N-methyl/N-ethyl adjacent to an activating group) is 1. The van der Waals surface area contributed by atoms with Crippen LogP contribution in [-0.2, 0) is 19.6 Å². The van der Waals surface area contributed by atoms with Crippen LogP contribution >= 0.6 is 0 Å². The number of aryl methyl sites for hydroxylation is 2. The number of hydrogen-bond donors (Lipinski definition) is 1. The highest BCUT2D eigenvalue weighted by Gasteiger charge is 2.33. The van der Waals surface area contributed by atoms with Crippen LogP contribution in [0.15, 0.2) is 47.4 Å². The molecule has 0 atom stereocenters. The molecule has 0 radical (unpaired) electrons. The Kier molecular flexibility index (Phi) is 7.76. The van der Waals surface area contributed by atoms with Gasteiger partial charge in [-0.1, -0.05) is 18.2 Å². The summed E-state index contributed by atoms with van der Waals surface area (Å²) in [4.78, 5) is 27.0. The zero-order valence-electron chi connectivity index (χ0n) is 19.5. The Morgan fingerprint density at radius 3 is 2.18 bits per heavy atom. The fourth-order valence-electron chi connectivity index (χ4n) is 4.04. The van der Waals surface area contributed by atoms with Crippen molar-refractivity contribution in [1.29, 1.82) is 0 Å². The van der Waals surface area contributed by atoms with Crippen LogP contribution in [0.4, 0.5) is 5.69 Å². The van der Waals surface area contributed by atoms with Crippen molar-refractivity contribution in [1.82, 2.24) is 9.21 Å². The van der Waals surface area contributed by atoms with Crippen molar-refractivity contribution in [3.05, 3.63) is 53.6 Å². The summed E-state index contributed by atoms with van der Waals surface area (Å²) in [5.41, 5.74) is 2.69. The maximum atomic E-state index is 12.9. The van der Waals surface area contributed by atoms with Crippen LogP contribution in [0.5, 0.6) is 5.75 Å². The topological polar surface area (TPSA) is 96.0 Å². The van der Waals surface area contributed by atoms with Gasteiger partial charge in [0.2, 0.25) is 21.8 Å². The Labute approximate surface area is 195 Å². The van der Waals surface area contributed by atoms with Gasteiger partial charge in [-0.05, 0) is 62.1 Å². The van der Waals surface area contributed by atoms with E-state index in [-0.39, 0.29) is 42.3 Å². The van der Waals surface area contributed by atoms with Gasteiger partial charge in [0.15, 0.2) is 0 Å². The smallest absolute Gasteiger partial charge is 0.243 e. The predicted octanol–water partition coefficient (Wildman–Crippen LogP) is 2.81. The molecule has 2 amide bonds. The molecule has 1 saturated heterocycles. The second-order valence-electron chi connectivity index (χ2n) is 8.36. The molecule has 0 saturated carbocycles. The lowest BCUT2D eigenvalue weighted by Gasteiger charge is -2.32. The van der Waals surface area contributed by atoms with Gasteiger partial charge in [0, 0.05) is 31.7 Å². The highest BCUT2D eigenvalue weighted by molar-refractivity contribution is 7.89. The van der Waals surface area contributed by atoms with Crippen molar-refractivity contribution in [2.45, 2.75) is 31.6 Å². The van der Waals surface area contributed by atoms with Crippen molar-refractivity contribution >= 4 is 27.5 Å². The molecule has 0 bridgehead atoms. The third-order valence-corrected chi connectivity index (χ3v) is 7.92. The number of methoxy groups -OCH3 is 1. The van der Waals surface area contributed by atoms with Crippen LogP contribution in [0.25, 0.3) is 0 Å². The van der Waals surface area contributed by atoms with Crippen molar-refractivity contribution in [2.24, 2.45) is 5.92 Å². The lowest BCUT2D eigenvalue weighted by atomic mass is 9.96. The fraction of sp³-hybridized carbons (Fsp3) is 0.417. The Bertz CT molecular complexity index is 1090. The summed E-state index contributed by atoms with van der Waals surface area (Å²) in [7, 11) is -0.502. The zero-order valence-corrected chi connectivity index (χ0v) is 20.3. The highest BCUT2D eigenvalue weighted by atomic mass is 32.2. The quantitative estimate of drug-likeness (QED) is 0.667. The van der Waals surface area contributed by atoms with E-state index in [1.165, 1.54) is 28.4 Å². The summed E-state index contributed by atoms with van der Waals surface area (Å²) in [6.45, 7) is 4.30. The largest absolute Gasteiger partial charge is 0.497 e. The molecule has 2 aromatic rings. The molecule has 1 aliphatic heterocycles. The van der Waals surface area contributed by atoms with Gasteiger partial charge in [0.1, 0.15) is 5.75 Å². The van der Waals surface area contributed by atoms with E-state index < -0.39 is 10.0 Å². The number of para-hydroxylation sites is 1. The first-order valence-electron chi connectivity index (χ1n) is 10.9. The average Bonchev–Trinajstić information content (AvgIpc) is 2.81. The second kappa shape index (κ2) is 10.4. The van der Waals surface area contributed by atoms with E-state index in [2.05, 4.69) is 5.32 Å². The van der Waals surface area contributed by atoms with E-state index in [1.54, 1.807) is 19.2 Å². The molecule has 9 heteroatoms. The minimum Gasteiger partial charge on any atom is -0.497 e. The molecule has 1 fully saturated rings. The SMILES string of the molecule is COc1ccc(S(=O)(=O)N2CCC(C(=O)N(C)CC(=O)Nc3c(C)cccc3C)CC2)cc1. The lowest BCUT2D eigenvalue weighted by Crippen LogP contribution is -2.45. The standard InChI is InChI=1S/C24H31N3O5S/c1-17-6-5-7-18(2)23(17)25-22(28)16-26(3)24(29)19-12-14-27(15-13-19)33(30,31)21-10-8-20(32-4)9-11-21/h5-11,19H,12-16H2,1-4H3,(H,25,28). The van der Waals surface area contributed by atoms with Crippen molar-refractivity contribution in [3.8, 4) is 5.75 Å². The molecule has 0 unspecified atom stereocenters. The van der Waals surface area contributed by atoms with Crippen molar-refractivity contribution < 1.29 is 22.7 Å². The number of nitrogens with zero attached hydrogens (tertiary/aromatic N) is 2. The fourth-order valence-corrected chi connectivity index (χ4v) is 5.51. The maximum absolute atomic E-state index is 12.9. The number of ether oxygens (including phenoxy) is 1. The van der Waals surface area contributed by atoms with E-state index >= 15 is 0 Å². The summed E-state index contributed by atoms with van der Waals surface area (Å²) in [6, 6.07) is 12.0. The highest BCUT2D eigenvalue weighted by Crippen LogP contribution is 2.26. The van der Waals surface area contributed by atoms with Crippen LogP contribution in [0.3, 0.4) is 0 Å². The van der Waals surface area contributed by atoms with E-state index in [9.17, 15) is 18.0 Å². The Morgan fingerprint density at radius 1 is 1.06 bits per heavy atom. The van der Waals surface area contributed by atoms with Gasteiger partial charge in [0.25, 0.3) is 0 Å². The molecule has 1 aliphatic rings. The van der Waals surface area contributed by atoms with Gasteiger partial charge in [-0.25, -0.2) is 8.42 Å². The molecule has 0 aromatic heterocycles. The van der Waals surface area contributed by atoms with Crippen LogP contribution in [0.1, 0.15) is 24.0 Å². The van der Waals surface area contributed by atoms with E-state index in [0.717, 1.165) is 16.8 Å². The number of sulfonamides is 1. The van der Waals surface area contributed by atoms with Crippen LogP contribution < -0.4 is 10.1 Å². The number of amides is 2. The molecular formula is C24H31N3O5S. The van der Waals surface area contributed by atoms with Gasteiger partial charge < -0.3 is 15.0 Å². The summed E-state index contributed by atoms with van der Waals surface area (Å²) in [5, 5.41) is 2.89. The molecule has 33 heavy (non-hydrogen) atoms. The second-order valence-corrected chi connectivity index (χ2v) is 10.3. The number of anilines is 1. The molecule has 0 aliphatic carbocycles. The summed E-state index contributed by atoms with van der Waals surface area (Å²) in [5.74, 6) is -0.135. The summed E-state index contributed by atoms with van der Waals surface area (Å²) >= 11 is 0. The van der Waals surface area contributed by atoms with Crippen LogP contribution in [-0.4, -0.2) is 63.2 Å². The number of carbonyl (C=O) groups is 2. The number of benzene rings is 2. The van der Waals surface area contributed by atoms with Crippen molar-refractivity contribution in [2.75, 3.05) is 39.1 Å². The first-order chi connectivity index (χ1) is 15.6. The Balaban J connectivity index is 1.55. The van der Waals surface area contributed by atoms with Crippen LogP contribution in [0, 0.1) is 19.8 Å². The third-order valence-electron chi connectivity index (χ3n) is 6.00. The lowest BCUT2D eigenvalue weighted by molar-refractivity contribution is -0.138. The number of carbonyl (C=O) groups excluding carboxylic acids is 2. The Hall–Kier alpha value is -2.91. The number of hydrogen-bond acceptors (Lipinski definition) is 5. The van der Waals surface area contributed by atoms with Crippen LogP contribution in [0.2, 0.25) is 0 Å². The van der Waals surface area contributed by atoms with Gasteiger partial charge in [-0.15, -0.1) is 0 Å². The molecule has 1 N–H and O–H groups in total. The molecule has 0 spiro atoms. The van der Waals surface area contributed by atoms with Gasteiger partial charge in [-0.2, -0.15) is 4.31 Å². The molecule has 1 heterocycles. The number of rotatable bonds is 7. The number of piperidine rings is 1. The minimum absolute atomic E-state index is 0.0586. The first kappa shape index (κ1) is 24.7. The molecule has 3 rings (SSSR count). The molecular weight excluding hydrogens is 442 g/mol. The maximum Gasteiger partial charge on any atom is 0.243 e. The number of nitrogens with one attached hydrogen (secondary N) is 1. The summed E-state index contributed by atoms with van der Waals surface area (Å²) in [6.07, 6.45) is 0.828. The van der Waals surface area contributed by atoms with Gasteiger partial charge >= 0.3 is 0 Å². The zero-order chi connectivity index (χ0) is 24.2. The average molecular weight is 474 g/mol. The Morgan fingerprint density at radius 2 is 1.64 bits per heavy atom. The van der Waals surface area contributed by atoms with E-state index in [0.29, 0.717) is 18.6 Å². The van der Waals surface area contributed by atoms with Crippen molar-refractivity contribution in [3.63, 3.8) is 0 Å².